The van der Waals surface area contributed by atoms with E-state index in [4.69, 9.17) is 4.74 Å². The Morgan fingerprint density at radius 2 is 1.64 bits per heavy atom. The van der Waals surface area contributed by atoms with Crippen LogP contribution in [0.15, 0.2) is 58.3 Å². The molecule has 2 nitrogen and oxygen atoms in total. The van der Waals surface area contributed by atoms with Crippen molar-refractivity contribution in [2.24, 2.45) is 5.92 Å². The van der Waals surface area contributed by atoms with Crippen molar-refractivity contribution in [2.75, 3.05) is 4.61 Å². The van der Waals surface area contributed by atoms with Gasteiger partial charge in [-0.15, -0.1) is 0 Å². The number of benzene rings is 2. The maximum Gasteiger partial charge on any atom is 0.310 e. The molecule has 0 amide bonds. The molecule has 25 heavy (non-hydrogen) atoms. The Bertz CT molecular complexity index is 732. The Hall–Kier alpha value is -1.01. The smallest absolute Gasteiger partial charge is 0.310 e. The van der Waals surface area contributed by atoms with Crippen LogP contribution in [0.5, 0.6) is 0 Å². The fraction of sp³-hybridized carbons (Fsp3) is 0.381. The summed E-state index contributed by atoms with van der Waals surface area (Å²) in [7, 11) is 0. The molecule has 0 heterocycles. The fourth-order valence-electron chi connectivity index (χ4n) is 2.93. The lowest BCUT2D eigenvalue weighted by atomic mass is 9.87. The maximum absolute atomic E-state index is 11.8. The standard InChI is InChI=1S/C21H23IO2S/c1-21(2,3)15-6-10-17(11-7-15)25-16-8-4-14(5-9-16)18-12-19(18)20(23)24-13-22/h4-11,18-19H,12-13H2,1-3H3. The van der Waals surface area contributed by atoms with Crippen LogP contribution in [0, 0.1) is 5.92 Å². The molecule has 3 rings (SSSR count). The molecule has 1 aliphatic rings. The van der Waals surface area contributed by atoms with Crippen molar-refractivity contribution < 1.29 is 9.53 Å². The first kappa shape index (κ1) is 18.8. The molecule has 2 aromatic rings. The van der Waals surface area contributed by atoms with E-state index >= 15 is 0 Å². The highest BCUT2D eigenvalue weighted by atomic mass is 127. The topological polar surface area (TPSA) is 26.3 Å². The van der Waals surface area contributed by atoms with Crippen LogP contribution in [0.2, 0.25) is 0 Å². The van der Waals surface area contributed by atoms with Crippen LogP contribution >= 0.6 is 34.4 Å². The van der Waals surface area contributed by atoms with E-state index in [2.05, 4.69) is 91.9 Å². The van der Waals surface area contributed by atoms with Crippen molar-refractivity contribution in [3.05, 3.63) is 59.7 Å². The summed E-state index contributed by atoms with van der Waals surface area (Å²) in [6.07, 6.45) is 0.913. The average molecular weight is 466 g/mol. The molecule has 0 N–H and O–H groups in total. The summed E-state index contributed by atoms with van der Waals surface area (Å²) in [4.78, 5) is 14.2. The molecule has 0 aliphatic heterocycles. The fourth-order valence-corrected chi connectivity index (χ4v) is 4.05. The SMILES string of the molecule is CC(C)(C)c1ccc(Sc2ccc(C3CC3C(=O)OCI)cc2)cc1. The van der Waals surface area contributed by atoms with E-state index in [0.29, 0.717) is 10.5 Å². The molecule has 0 spiro atoms. The van der Waals surface area contributed by atoms with E-state index in [1.165, 1.54) is 20.9 Å². The van der Waals surface area contributed by atoms with Crippen molar-refractivity contribution in [2.45, 2.75) is 48.3 Å². The van der Waals surface area contributed by atoms with Gasteiger partial charge in [0, 0.05) is 9.79 Å². The largest absolute Gasteiger partial charge is 0.455 e. The normalized spacial score (nSPS) is 19.5. The first-order valence-electron chi connectivity index (χ1n) is 8.49. The highest BCUT2D eigenvalue weighted by Gasteiger charge is 2.45. The van der Waals surface area contributed by atoms with Crippen LogP contribution in [-0.2, 0) is 14.9 Å². The summed E-state index contributed by atoms with van der Waals surface area (Å²) in [6.45, 7) is 6.69. The van der Waals surface area contributed by atoms with E-state index in [-0.39, 0.29) is 17.3 Å². The monoisotopic (exact) mass is 466 g/mol. The molecular formula is C21H23IO2S. The van der Waals surface area contributed by atoms with Crippen LogP contribution in [-0.4, -0.2) is 10.6 Å². The van der Waals surface area contributed by atoms with Gasteiger partial charge in [0.05, 0.1) is 5.92 Å². The lowest BCUT2D eigenvalue weighted by Gasteiger charge is -2.19. The zero-order valence-electron chi connectivity index (χ0n) is 14.8. The van der Waals surface area contributed by atoms with E-state index in [9.17, 15) is 4.79 Å². The van der Waals surface area contributed by atoms with E-state index in [1.807, 2.05) is 0 Å². The maximum atomic E-state index is 11.8. The van der Waals surface area contributed by atoms with Gasteiger partial charge in [-0.2, -0.15) is 0 Å². The number of halogens is 1. The summed E-state index contributed by atoms with van der Waals surface area (Å²) < 4.78 is 5.53. The van der Waals surface area contributed by atoms with Crippen molar-refractivity contribution in [1.82, 2.24) is 0 Å². The molecule has 1 aliphatic carbocycles. The number of ether oxygens (including phenoxy) is 1. The van der Waals surface area contributed by atoms with Crippen molar-refractivity contribution in [3.8, 4) is 0 Å². The first-order chi connectivity index (χ1) is 11.9. The molecule has 0 saturated heterocycles. The predicted molar refractivity (Wildman–Crippen MR) is 112 cm³/mol. The Kier molecular flexibility index (Phi) is 5.78. The highest BCUT2D eigenvalue weighted by molar-refractivity contribution is 14.1. The quantitative estimate of drug-likeness (QED) is 0.299. The van der Waals surface area contributed by atoms with Gasteiger partial charge in [0.1, 0.15) is 4.61 Å². The van der Waals surface area contributed by atoms with Gasteiger partial charge in [-0.1, -0.05) is 56.8 Å². The summed E-state index contributed by atoms with van der Waals surface area (Å²) in [5.41, 5.74) is 2.78. The second-order valence-corrected chi connectivity index (χ2v) is 9.24. The first-order valence-corrected chi connectivity index (χ1v) is 10.8. The number of esters is 1. The molecule has 0 radical (unpaired) electrons. The third kappa shape index (κ3) is 4.79. The van der Waals surface area contributed by atoms with Crippen LogP contribution < -0.4 is 0 Å². The zero-order chi connectivity index (χ0) is 18.0. The van der Waals surface area contributed by atoms with Gasteiger partial charge in [0.15, 0.2) is 0 Å². The van der Waals surface area contributed by atoms with Crippen LogP contribution in [0.4, 0.5) is 0 Å². The van der Waals surface area contributed by atoms with Gasteiger partial charge in [0.25, 0.3) is 0 Å². The summed E-state index contributed by atoms with van der Waals surface area (Å²) in [5.74, 6) is 0.329. The van der Waals surface area contributed by atoms with Crippen LogP contribution in [0.1, 0.15) is 44.2 Å². The molecular weight excluding hydrogens is 443 g/mol. The van der Waals surface area contributed by atoms with Gasteiger partial charge in [-0.3, -0.25) is 4.79 Å². The molecule has 0 aromatic heterocycles. The summed E-state index contributed by atoms with van der Waals surface area (Å²) >= 11 is 3.83. The summed E-state index contributed by atoms with van der Waals surface area (Å²) in [5, 5.41) is 0. The van der Waals surface area contributed by atoms with Gasteiger partial charge >= 0.3 is 5.97 Å². The minimum atomic E-state index is -0.0585. The van der Waals surface area contributed by atoms with Gasteiger partial charge < -0.3 is 4.74 Å². The lowest BCUT2D eigenvalue weighted by molar-refractivity contribution is -0.142. The zero-order valence-corrected chi connectivity index (χ0v) is 17.8. The van der Waals surface area contributed by atoms with Gasteiger partial charge in [-0.25, -0.2) is 0 Å². The second-order valence-electron chi connectivity index (χ2n) is 7.47. The number of carbonyl (C=O) groups is 1. The van der Waals surface area contributed by atoms with Crippen LogP contribution in [0.25, 0.3) is 0 Å². The molecule has 2 aromatic carbocycles. The van der Waals surface area contributed by atoms with Crippen molar-refractivity contribution in [3.63, 3.8) is 0 Å². The number of rotatable bonds is 5. The molecule has 4 heteroatoms. The number of carbonyl (C=O) groups excluding carboxylic acids is 1. The molecule has 2 unspecified atom stereocenters. The average Bonchev–Trinajstić information content (AvgIpc) is 3.36. The number of alkyl halides is 1. The lowest BCUT2D eigenvalue weighted by Crippen LogP contribution is -2.10. The Labute approximate surface area is 167 Å². The summed E-state index contributed by atoms with van der Waals surface area (Å²) in [6, 6.07) is 17.4. The molecule has 0 bridgehead atoms. The molecule has 1 fully saturated rings. The third-order valence-electron chi connectivity index (χ3n) is 4.55. The molecule has 2 atom stereocenters. The number of hydrogen-bond donors (Lipinski definition) is 0. The molecule has 132 valence electrons. The Morgan fingerprint density at radius 3 is 2.16 bits per heavy atom. The highest BCUT2D eigenvalue weighted by Crippen LogP contribution is 2.48. The Balaban J connectivity index is 1.61. The molecule has 1 saturated carbocycles. The predicted octanol–water partition coefficient (Wildman–Crippen LogP) is 6.17. The Morgan fingerprint density at radius 1 is 1.08 bits per heavy atom. The van der Waals surface area contributed by atoms with Crippen molar-refractivity contribution >= 4 is 40.3 Å². The van der Waals surface area contributed by atoms with Crippen LogP contribution in [0.3, 0.4) is 0 Å². The minimum absolute atomic E-state index is 0.0539. The second kappa shape index (κ2) is 7.70. The van der Waals surface area contributed by atoms with E-state index in [1.54, 1.807) is 11.8 Å². The minimum Gasteiger partial charge on any atom is -0.455 e. The number of hydrogen-bond acceptors (Lipinski definition) is 3. The van der Waals surface area contributed by atoms with Gasteiger partial charge in [-0.05, 0) is 75.7 Å². The van der Waals surface area contributed by atoms with Crippen molar-refractivity contribution in [1.29, 1.82) is 0 Å². The third-order valence-corrected chi connectivity index (χ3v) is 5.88. The van der Waals surface area contributed by atoms with Gasteiger partial charge in [0.2, 0.25) is 0 Å². The van der Waals surface area contributed by atoms with E-state index in [0.717, 1.165) is 6.42 Å². The van der Waals surface area contributed by atoms with E-state index < -0.39 is 0 Å².